The number of H-pyrrole nitrogens is 2. The first kappa shape index (κ1) is 82.2. The van der Waals surface area contributed by atoms with Crippen molar-refractivity contribution < 1.29 is 0 Å². The molecule has 112 heavy (non-hydrogen) atoms. The van der Waals surface area contributed by atoms with Gasteiger partial charge in [-0.2, -0.15) is 0 Å². The third-order valence-corrected chi connectivity index (χ3v) is 26.5. The Bertz CT molecular complexity index is 4750. The molecule has 0 aliphatic carbocycles. The zero-order valence-electron chi connectivity index (χ0n) is 72.6. The molecule has 594 valence electrons. The van der Waals surface area contributed by atoms with Crippen molar-refractivity contribution in [3.63, 3.8) is 0 Å². The van der Waals surface area contributed by atoms with Crippen LogP contribution in [-0.4, -0.2) is 39.9 Å². The van der Waals surface area contributed by atoms with E-state index in [1.807, 2.05) is 0 Å². The minimum atomic E-state index is 0.709. The Labute approximate surface area is 673 Å². The third-order valence-electron chi connectivity index (χ3n) is 26.5. The van der Waals surface area contributed by atoms with Crippen LogP contribution in [-0.2, 0) is 51.4 Å². The molecule has 11 aromatic rings. The zero-order valence-corrected chi connectivity index (χ0v) is 72.6. The highest BCUT2D eigenvalue weighted by Crippen LogP contribution is 2.51. The zero-order chi connectivity index (χ0) is 78.7. The van der Waals surface area contributed by atoms with Gasteiger partial charge in [0, 0.05) is 43.8 Å². The summed E-state index contributed by atoms with van der Waals surface area (Å²) >= 11 is 0. The van der Waals surface area contributed by atoms with Crippen molar-refractivity contribution >= 4 is 87.2 Å². The molecule has 0 saturated carbocycles. The number of nitrogens with zero attached hydrogens (tertiary/aromatic N) is 6. The standard InChI is InChI=1S/C104H138N8/c1-17-25-33-41-49-73-57-58-74(50-42-34-26-18-2)82-66(10)90-89(65(9)81(73)82)97-105-98(90)110-100-93-69(13)85-77(53-45-37-29-21-5)61-62-78(54-46-38-30-22-6)86(85)70(14)94(93)102(107-100)112-104-96-72(16)88-80(56-48-40-32-24-8)64-63-79(55-47-39-31-23-7)87(88)71(15)95(96)103(108-104)111-101-92-68(12)84-76(52-44-36-28-20-4)60-59-75(51-43-35-27-19-3)83(84)67(11)91(92)99(106-101)109-97/h57-64H,17-56H2,1-16H3,(H2,105,106,107,108,109,110,111,112). The Kier molecular flexibility index (Phi) is 27.9. The Morgan fingerprint density at radius 3 is 0.482 bits per heavy atom. The maximum Gasteiger partial charge on any atom is 0.165 e. The number of benzene rings is 8. The van der Waals surface area contributed by atoms with Crippen LogP contribution in [0.3, 0.4) is 0 Å². The van der Waals surface area contributed by atoms with E-state index in [-0.39, 0.29) is 0 Å². The van der Waals surface area contributed by atoms with Crippen LogP contribution < -0.4 is 0 Å². The highest BCUT2D eigenvalue weighted by molar-refractivity contribution is 6.20. The molecule has 0 unspecified atom stereocenters. The predicted octanol–water partition coefficient (Wildman–Crippen LogP) is 30.9. The van der Waals surface area contributed by atoms with Gasteiger partial charge in [-0.1, -0.05) is 258 Å². The van der Waals surface area contributed by atoms with Crippen molar-refractivity contribution in [1.82, 2.24) is 39.9 Å². The van der Waals surface area contributed by atoms with E-state index in [0.29, 0.717) is 23.3 Å². The smallest absolute Gasteiger partial charge is 0.165 e. The van der Waals surface area contributed by atoms with Gasteiger partial charge in [0.2, 0.25) is 0 Å². The molecule has 0 amide bonds. The Hall–Kier alpha value is -7.84. The number of aromatic amines is 2. The fraction of sp³-hybridized carbons (Fsp3) is 0.538. The van der Waals surface area contributed by atoms with Gasteiger partial charge in [0.1, 0.15) is 22.6 Å². The molecule has 0 spiro atoms. The SMILES string of the molecule is CCCCCCc1ccc(CCCCCC)c2c(C)c3c(c(C)c12)-c1nc-3nc2[nH]c(nc3nc(nc4[nH]c(n1)c1c(C)c5c(CCCCCC)ccc(CCCCCC)c5c(C)c41)-c1c-3c(C)c3c(CCCCCC)ccc(CCCCCC)c3c1C)c1c(C)c3c(CCCCCC)ccc(CCCCCC)c3c(C)c21. The van der Waals surface area contributed by atoms with Crippen LogP contribution in [0.15, 0.2) is 48.5 Å². The maximum atomic E-state index is 6.19. The van der Waals surface area contributed by atoms with E-state index < -0.39 is 0 Å². The molecule has 3 aromatic heterocycles. The summed E-state index contributed by atoms with van der Waals surface area (Å²) in [6, 6.07) is 20.0. The molecule has 0 saturated heterocycles. The van der Waals surface area contributed by atoms with E-state index in [4.69, 9.17) is 29.9 Å². The monoisotopic (exact) mass is 1500 g/mol. The molecular weight excluding hydrogens is 1360 g/mol. The lowest BCUT2D eigenvalue weighted by Crippen LogP contribution is -2.01. The van der Waals surface area contributed by atoms with Crippen LogP contribution in [0.2, 0.25) is 0 Å². The van der Waals surface area contributed by atoms with E-state index in [0.717, 1.165) is 169 Å². The van der Waals surface area contributed by atoms with Crippen LogP contribution in [0.25, 0.3) is 133 Å². The van der Waals surface area contributed by atoms with Gasteiger partial charge in [-0.3, -0.25) is 0 Å². The van der Waals surface area contributed by atoms with Crippen molar-refractivity contribution in [1.29, 1.82) is 0 Å². The first-order valence-electron chi connectivity index (χ1n) is 45.8. The molecule has 8 aromatic carbocycles. The van der Waals surface area contributed by atoms with Gasteiger partial charge in [0.15, 0.2) is 23.3 Å². The van der Waals surface area contributed by atoms with Crippen LogP contribution in [0, 0.1) is 55.4 Å². The number of unbranched alkanes of at least 4 members (excludes halogenated alkanes) is 24. The molecule has 2 aliphatic rings. The topological polar surface area (TPSA) is 109 Å². The second-order valence-electron chi connectivity index (χ2n) is 34.6. The summed E-state index contributed by atoms with van der Waals surface area (Å²) in [4.78, 5) is 45.2. The molecule has 2 aliphatic heterocycles. The van der Waals surface area contributed by atoms with Crippen LogP contribution in [0.5, 0.6) is 0 Å². The van der Waals surface area contributed by atoms with E-state index in [1.165, 1.54) is 286 Å². The lowest BCUT2D eigenvalue weighted by Gasteiger charge is -2.20. The van der Waals surface area contributed by atoms with Crippen molar-refractivity contribution in [2.75, 3.05) is 0 Å². The average molecular weight is 1500 g/mol. The summed E-state index contributed by atoms with van der Waals surface area (Å²) in [5, 5.41) is 15.6. The molecule has 8 nitrogen and oxygen atoms in total. The molecular formula is C104H138N8. The quantitative estimate of drug-likeness (QED) is 0.0370. The maximum absolute atomic E-state index is 6.19. The van der Waals surface area contributed by atoms with Gasteiger partial charge in [0.25, 0.3) is 0 Å². The van der Waals surface area contributed by atoms with E-state index in [2.05, 4.69) is 169 Å². The number of aromatic nitrogens is 8. The van der Waals surface area contributed by atoms with E-state index in [1.54, 1.807) is 0 Å². The normalized spacial score (nSPS) is 12.3. The molecule has 8 bridgehead atoms. The summed E-state index contributed by atoms with van der Waals surface area (Å²) in [5.41, 5.74) is 29.1. The first-order valence-corrected chi connectivity index (χ1v) is 45.8. The molecule has 0 radical (unpaired) electrons. The number of nitrogens with one attached hydrogen (secondary N) is 2. The second kappa shape index (κ2) is 38.1. The lowest BCUT2D eigenvalue weighted by molar-refractivity contribution is 0.665. The van der Waals surface area contributed by atoms with Crippen molar-refractivity contribution in [2.24, 2.45) is 0 Å². The highest BCUT2D eigenvalue weighted by atomic mass is 15.1. The van der Waals surface area contributed by atoms with Crippen molar-refractivity contribution in [2.45, 2.75) is 368 Å². The van der Waals surface area contributed by atoms with Crippen LogP contribution >= 0.6 is 0 Å². The number of hydrogen-bond donors (Lipinski definition) is 2. The molecule has 2 N–H and O–H groups in total. The number of hydrogen-bond acceptors (Lipinski definition) is 6. The van der Waals surface area contributed by atoms with Gasteiger partial charge >= 0.3 is 0 Å². The Morgan fingerprint density at radius 2 is 0.330 bits per heavy atom. The average Bonchev–Trinajstić information content (AvgIpc) is 1.52. The molecule has 5 heterocycles. The fourth-order valence-electron chi connectivity index (χ4n) is 20.6. The van der Waals surface area contributed by atoms with Gasteiger partial charge < -0.3 is 9.97 Å². The van der Waals surface area contributed by atoms with Gasteiger partial charge in [-0.25, -0.2) is 29.9 Å². The minimum Gasteiger partial charge on any atom is -0.324 e. The summed E-state index contributed by atoms with van der Waals surface area (Å²) in [7, 11) is 0. The summed E-state index contributed by atoms with van der Waals surface area (Å²) < 4.78 is 0. The molecule has 8 heteroatoms. The molecule has 0 atom stereocenters. The largest absolute Gasteiger partial charge is 0.324 e. The summed E-state index contributed by atoms with van der Waals surface area (Å²) in [6.07, 6.45) is 47.0. The minimum absolute atomic E-state index is 0.709. The Balaban J connectivity index is 1.25. The van der Waals surface area contributed by atoms with Crippen molar-refractivity contribution in [3.8, 4) is 45.6 Å². The number of aryl methyl sites for hydroxylation is 16. The second-order valence-corrected chi connectivity index (χ2v) is 34.6. The van der Waals surface area contributed by atoms with E-state index >= 15 is 0 Å². The first-order chi connectivity index (χ1) is 54.7. The van der Waals surface area contributed by atoms with Gasteiger partial charge in [0.05, 0.1) is 0 Å². The predicted molar refractivity (Wildman–Crippen MR) is 487 cm³/mol. The van der Waals surface area contributed by atoms with Crippen LogP contribution in [0.1, 0.15) is 350 Å². The van der Waals surface area contributed by atoms with Gasteiger partial charge in [-0.15, -0.1) is 0 Å². The summed E-state index contributed by atoms with van der Waals surface area (Å²) in [5.74, 6) is 2.83. The third kappa shape index (κ3) is 16.4. The van der Waals surface area contributed by atoms with E-state index in [9.17, 15) is 0 Å². The fourth-order valence-corrected chi connectivity index (χ4v) is 20.6. The summed E-state index contributed by atoms with van der Waals surface area (Å²) in [6.45, 7) is 37.9. The van der Waals surface area contributed by atoms with Crippen LogP contribution in [0.4, 0.5) is 0 Å². The number of fused-ring (bicyclic) bond motifs is 24. The lowest BCUT2D eigenvalue weighted by atomic mass is 9.84. The van der Waals surface area contributed by atoms with Gasteiger partial charge in [-0.05, 0) is 290 Å². The molecule has 13 rings (SSSR count). The molecule has 0 fully saturated rings. The van der Waals surface area contributed by atoms with Crippen molar-refractivity contribution in [3.05, 3.63) is 138 Å². The number of rotatable bonds is 40. The Morgan fingerprint density at radius 1 is 0.179 bits per heavy atom. The highest BCUT2D eigenvalue weighted by Gasteiger charge is 2.33.